The van der Waals surface area contributed by atoms with Gasteiger partial charge in [-0.25, -0.2) is 0 Å². The quantitative estimate of drug-likeness (QED) is 0.384. The molecule has 1 aliphatic carbocycles. The summed E-state index contributed by atoms with van der Waals surface area (Å²) < 4.78 is 0. The normalized spacial score (nSPS) is 13.4. The first-order chi connectivity index (χ1) is 18.0. The van der Waals surface area contributed by atoms with Crippen molar-refractivity contribution >= 4 is 29.1 Å². The van der Waals surface area contributed by atoms with E-state index in [2.05, 4.69) is 16.0 Å². The molecule has 7 nitrogen and oxygen atoms in total. The third-order valence-corrected chi connectivity index (χ3v) is 6.54. The average Bonchev–Trinajstić information content (AvgIpc) is 2.93. The van der Waals surface area contributed by atoms with Gasteiger partial charge in [0.2, 0.25) is 5.91 Å². The van der Waals surface area contributed by atoms with E-state index in [4.69, 9.17) is 0 Å². The Morgan fingerprint density at radius 3 is 2.27 bits per heavy atom. The van der Waals surface area contributed by atoms with E-state index < -0.39 is 0 Å². The average molecular weight is 499 g/mol. The summed E-state index contributed by atoms with van der Waals surface area (Å²) in [7, 11) is 1.76. The minimum Gasteiger partial charge on any atom is -0.376 e. The molecule has 3 N–H and O–H groups in total. The van der Waals surface area contributed by atoms with Crippen molar-refractivity contribution in [3.05, 3.63) is 95.6 Å². The highest BCUT2D eigenvalue weighted by molar-refractivity contribution is 5.98. The second-order valence-electron chi connectivity index (χ2n) is 9.52. The molecule has 1 aliphatic rings. The Labute approximate surface area is 218 Å². The molecule has 0 aromatic heterocycles. The first kappa shape index (κ1) is 25.9. The van der Waals surface area contributed by atoms with Gasteiger partial charge in [-0.2, -0.15) is 0 Å². The molecule has 0 radical (unpaired) electrons. The molecule has 0 heterocycles. The van der Waals surface area contributed by atoms with Crippen LogP contribution in [0.1, 0.15) is 58.4 Å². The molecule has 0 unspecified atom stereocenters. The van der Waals surface area contributed by atoms with Crippen LogP contribution in [0.2, 0.25) is 0 Å². The van der Waals surface area contributed by atoms with Crippen LogP contribution in [-0.4, -0.2) is 42.3 Å². The van der Waals surface area contributed by atoms with E-state index in [0.717, 1.165) is 24.1 Å². The summed E-state index contributed by atoms with van der Waals surface area (Å²) in [6, 6.07) is 24.1. The maximum atomic E-state index is 12.9. The second kappa shape index (κ2) is 12.7. The predicted octanol–water partition coefficient (Wildman–Crippen LogP) is 5.07. The second-order valence-corrected chi connectivity index (χ2v) is 9.52. The molecule has 0 spiro atoms. The Kier molecular flexibility index (Phi) is 8.92. The number of nitrogens with one attached hydrogen (secondary N) is 3. The number of nitrogens with zero attached hydrogens (tertiary/aromatic N) is 1. The van der Waals surface area contributed by atoms with Gasteiger partial charge >= 0.3 is 0 Å². The largest absolute Gasteiger partial charge is 0.376 e. The summed E-state index contributed by atoms with van der Waals surface area (Å²) >= 11 is 0. The van der Waals surface area contributed by atoms with Crippen LogP contribution in [0.15, 0.2) is 78.9 Å². The molecule has 4 rings (SSSR count). The third kappa shape index (κ3) is 7.67. The summed E-state index contributed by atoms with van der Waals surface area (Å²) in [4.78, 5) is 39.5. The molecule has 3 amide bonds. The monoisotopic (exact) mass is 498 g/mol. The maximum absolute atomic E-state index is 12.9. The standard InChI is InChI=1S/C30H34N4O3/c1-34(21-22-9-4-2-5-10-22)30(37)24-11-8-14-27(19-24)32-28(35)20-31-25-17-15-23(16-18-25)29(36)33-26-12-6-3-7-13-26/h2,4-5,8-11,14-19,26,31H,3,6-7,12-13,20-21H2,1H3,(H,32,35)(H,33,36). The van der Waals surface area contributed by atoms with E-state index in [-0.39, 0.29) is 30.3 Å². The van der Waals surface area contributed by atoms with Crippen LogP contribution in [0, 0.1) is 0 Å². The molecule has 0 bridgehead atoms. The van der Waals surface area contributed by atoms with E-state index in [1.165, 1.54) is 19.3 Å². The van der Waals surface area contributed by atoms with Crippen molar-refractivity contribution in [3.63, 3.8) is 0 Å². The van der Waals surface area contributed by atoms with Crippen molar-refractivity contribution in [2.75, 3.05) is 24.2 Å². The Balaban J connectivity index is 1.25. The Hall–Kier alpha value is -4.13. The first-order valence-electron chi connectivity index (χ1n) is 12.8. The number of hydrogen-bond donors (Lipinski definition) is 3. The fourth-order valence-corrected chi connectivity index (χ4v) is 4.52. The van der Waals surface area contributed by atoms with E-state index in [1.54, 1.807) is 60.5 Å². The number of carbonyl (C=O) groups excluding carboxylic acids is 3. The van der Waals surface area contributed by atoms with Gasteiger partial charge in [-0.05, 0) is 60.9 Å². The third-order valence-electron chi connectivity index (χ3n) is 6.54. The van der Waals surface area contributed by atoms with Crippen LogP contribution in [0.25, 0.3) is 0 Å². The van der Waals surface area contributed by atoms with Gasteiger partial charge in [0.15, 0.2) is 0 Å². The van der Waals surface area contributed by atoms with Gasteiger partial charge in [0, 0.05) is 42.1 Å². The molecule has 1 saturated carbocycles. The van der Waals surface area contributed by atoms with Crippen molar-refractivity contribution in [2.45, 2.75) is 44.7 Å². The zero-order chi connectivity index (χ0) is 26.0. The van der Waals surface area contributed by atoms with Gasteiger partial charge in [0.25, 0.3) is 11.8 Å². The Morgan fingerprint density at radius 1 is 0.811 bits per heavy atom. The van der Waals surface area contributed by atoms with E-state index in [1.807, 2.05) is 30.3 Å². The van der Waals surface area contributed by atoms with Crippen LogP contribution in [0.3, 0.4) is 0 Å². The summed E-state index contributed by atoms with van der Waals surface area (Å²) in [6.45, 7) is 0.556. The highest BCUT2D eigenvalue weighted by Crippen LogP contribution is 2.18. The molecule has 0 aliphatic heterocycles. The van der Waals surface area contributed by atoms with Crippen molar-refractivity contribution in [1.29, 1.82) is 0 Å². The zero-order valence-corrected chi connectivity index (χ0v) is 21.2. The van der Waals surface area contributed by atoms with Crippen molar-refractivity contribution in [1.82, 2.24) is 10.2 Å². The van der Waals surface area contributed by atoms with Crippen LogP contribution >= 0.6 is 0 Å². The summed E-state index contributed by atoms with van der Waals surface area (Å²) in [5.74, 6) is -0.410. The van der Waals surface area contributed by atoms with Crippen molar-refractivity contribution < 1.29 is 14.4 Å². The number of benzene rings is 3. The molecule has 192 valence electrons. The number of anilines is 2. The van der Waals surface area contributed by atoms with E-state index in [9.17, 15) is 14.4 Å². The van der Waals surface area contributed by atoms with Gasteiger partial charge in [-0.1, -0.05) is 55.7 Å². The van der Waals surface area contributed by atoms with Crippen LogP contribution in [-0.2, 0) is 11.3 Å². The van der Waals surface area contributed by atoms with Gasteiger partial charge in [-0.15, -0.1) is 0 Å². The maximum Gasteiger partial charge on any atom is 0.253 e. The molecular formula is C30H34N4O3. The number of rotatable bonds is 9. The lowest BCUT2D eigenvalue weighted by atomic mass is 9.95. The fourth-order valence-electron chi connectivity index (χ4n) is 4.52. The van der Waals surface area contributed by atoms with Gasteiger partial charge in [0.05, 0.1) is 6.54 Å². The highest BCUT2D eigenvalue weighted by atomic mass is 16.2. The lowest BCUT2D eigenvalue weighted by molar-refractivity contribution is -0.114. The van der Waals surface area contributed by atoms with Gasteiger partial charge < -0.3 is 20.9 Å². The number of carbonyl (C=O) groups is 3. The number of amides is 3. The summed E-state index contributed by atoms with van der Waals surface area (Å²) in [5.41, 5.74) is 3.47. The molecule has 7 heteroatoms. The molecule has 3 aromatic carbocycles. The molecular weight excluding hydrogens is 464 g/mol. The first-order valence-corrected chi connectivity index (χ1v) is 12.8. The highest BCUT2D eigenvalue weighted by Gasteiger charge is 2.17. The van der Waals surface area contributed by atoms with Gasteiger partial charge in [-0.3, -0.25) is 14.4 Å². The van der Waals surface area contributed by atoms with E-state index >= 15 is 0 Å². The summed E-state index contributed by atoms with van der Waals surface area (Å²) in [5, 5.41) is 9.02. The van der Waals surface area contributed by atoms with Crippen LogP contribution in [0.5, 0.6) is 0 Å². The molecule has 37 heavy (non-hydrogen) atoms. The Morgan fingerprint density at radius 2 is 1.54 bits per heavy atom. The van der Waals surface area contributed by atoms with E-state index in [0.29, 0.717) is 23.4 Å². The van der Waals surface area contributed by atoms with Crippen LogP contribution < -0.4 is 16.0 Å². The molecule has 0 atom stereocenters. The lowest BCUT2D eigenvalue weighted by Gasteiger charge is -2.22. The fraction of sp³-hybridized carbons (Fsp3) is 0.300. The molecule has 1 fully saturated rings. The SMILES string of the molecule is CN(Cc1ccccc1)C(=O)c1cccc(NC(=O)CNc2ccc(C(=O)NC3CCCCC3)cc2)c1. The van der Waals surface area contributed by atoms with Crippen LogP contribution in [0.4, 0.5) is 11.4 Å². The van der Waals surface area contributed by atoms with Crippen molar-refractivity contribution in [3.8, 4) is 0 Å². The smallest absolute Gasteiger partial charge is 0.253 e. The lowest BCUT2D eigenvalue weighted by Crippen LogP contribution is -2.36. The van der Waals surface area contributed by atoms with Crippen molar-refractivity contribution in [2.24, 2.45) is 0 Å². The Bertz CT molecular complexity index is 1210. The predicted molar refractivity (Wildman–Crippen MR) is 147 cm³/mol. The molecule has 3 aromatic rings. The topological polar surface area (TPSA) is 90.5 Å². The minimum absolute atomic E-state index is 0.0553. The summed E-state index contributed by atoms with van der Waals surface area (Å²) in [6.07, 6.45) is 5.67. The zero-order valence-electron chi connectivity index (χ0n) is 21.2. The molecule has 0 saturated heterocycles. The van der Waals surface area contributed by atoms with Gasteiger partial charge in [0.1, 0.15) is 0 Å². The number of hydrogen-bond acceptors (Lipinski definition) is 4. The minimum atomic E-state index is -0.235.